The van der Waals surface area contributed by atoms with Gasteiger partial charge in [0.15, 0.2) is 0 Å². The summed E-state index contributed by atoms with van der Waals surface area (Å²) in [5.41, 5.74) is 13.2. The van der Waals surface area contributed by atoms with E-state index < -0.39 is 72.9 Å². The van der Waals surface area contributed by atoms with E-state index in [2.05, 4.69) is 26.6 Å². The second kappa shape index (κ2) is 20.5. The van der Waals surface area contributed by atoms with Crippen LogP contribution in [0.5, 0.6) is 0 Å². The van der Waals surface area contributed by atoms with Gasteiger partial charge in [-0.3, -0.25) is 24.0 Å². The molecule has 0 radical (unpaired) electrons. The third-order valence-electron chi connectivity index (χ3n) is 7.61. The molecule has 0 aliphatic carbocycles. The lowest BCUT2D eigenvalue weighted by atomic mass is 9.81. The van der Waals surface area contributed by atoms with E-state index in [4.69, 9.17) is 23.1 Å². The fraction of sp³-hybridized carbons (Fsp3) is 0.469. The van der Waals surface area contributed by atoms with Gasteiger partial charge in [0.1, 0.15) is 24.2 Å². The first-order valence-electron chi connectivity index (χ1n) is 16.0. The SMILES string of the molecule is CC(NC(=O)C(CCCCN)NC(=O)C(C)NC(=O)C(NC(=O)C(CCN)NC(=O)c1ccc(-c2ccc(Cl)cc2)cc1)C(C)O)B(O)O. The number of nitrogens with one attached hydrogen (secondary N) is 5. The predicted molar refractivity (Wildman–Crippen MR) is 186 cm³/mol. The van der Waals surface area contributed by atoms with E-state index in [9.17, 15) is 39.1 Å². The minimum Gasteiger partial charge on any atom is -0.426 e. The van der Waals surface area contributed by atoms with Crippen LogP contribution in [0.25, 0.3) is 11.1 Å². The van der Waals surface area contributed by atoms with Gasteiger partial charge in [-0.05, 0) is 94.9 Å². The lowest BCUT2D eigenvalue weighted by molar-refractivity contribution is -0.135. The Bertz CT molecular complexity index is 1400. The van der Waals surface area contributed by atoms with Gasteiger partial charge in [0.25, 0.3) is 5.91 Å². The summed E-state index contributed by atoms with van der Waals surface area (Å²) in [6.07, 6.45) is -0.141. The topological polar surface area (TPSA) is 258 Å². The molecule has 0 aliphatic rings. The third kappa shape index (κ3) is 13.4. The zero-order valence-electron chi connectivity index (χ0n) is 27.8. The fourth-order valence-corrected chi connectivity index (χ4v) is 4.75. The van der Waals surface area contributed by atoms with E-state index in [0.29, 0.717) is 24.4 Å². The average Bonchev–Trinajstić information content (AvgIpc) is 3.06. The number of hydrogen-bond acceptors (Lipinski definition) is 10. The van der Waals surface area contributed by atoms with Crippen LogP contribution >= 0.6 is 11.6 Å². The predicted octanol–water partition coefficient (Wildman–Crippen LogP) is -1.04. The second-order valence-electron chi connectivity index (χ2n) is 11.7. The molecule has 0 aliphatic heterocycles. The molecule has 2 rings (SSSR count). The molecule has 0 saturated heterocycles. The van der Waals surface area contributed by atoms with Crippen molar-refractivity contribution in [3.05, 3.63) is 59.1 Å². The summed E-state index contributed by atoms with van der Waals surface area (Å²) in [7, 11) is -1.82. The number of carbonyl (C=O) groups excluding carboxylic acids is 5. The number of rotatable bonds is 19. The number of amides is 5. The molecule has 12 N–H and O–H groups in total. The van der Waals surface area contributed by atoms with Crippen LogP contribution in [0.3, 0.4) is 0 Å². The summed E-state index contributed by atoms with van der Waals surface area (Å²) in [5.74, 6) is -4.67. The molecule has 0 spiro atoms. The quantitative estimate of drug-likeness (QED) is 0.0628. The molecule has 2 aromatic rings. The maximum Gasteiger partial charge on any atom is 0.475 e. The molecule has 0 saturated carbocycles. The standard InChI is InChI=1S/C32H47BClN7O8/c1-18(28(43)39-25(6-4-5-16-35)30(45)38-20(3)33(48)49)37-32(47)27(19(2)42)41-31(46)26(15-17-36)40-29(44)23-9-7-21(8-10-23)22-11-13-24(34)14-12-22/h7-14,18-20,25-27,42,48-49H,4-6,15-17,35-36H2,1-3H3,(H,37,47)(H,38,45)(H,39,43)(H,40,44)(H,41,46). The van der Waals surface area contributed by atoms with E-state index in [1.165, 1.54) is 20.8 Å². The molecule has 0 aromatic heterocycles. The first-order chi connectivity index (χ1) is 23.2. The Morgan fingerprint density at radius 1 is 0.694 bits per heavy atom. The first-order valence-corrected chi connectivity index (χ1v) is 16.4. The van der Waals surface area contributed by atoms with Crippen molar-refractivity contribution in [2.45, 2.75) is 82.7 Å². The minimum atomic E-state index is -1.82. The van der Waals surface area contributed by atoms with Gasteiger partial charge in [-0.2, -0.15) is 0 Å². The largest absolute Gasteiger partial charge is 0.475 e. The van der Waals surface area contributed by atoms with Crippen LogP contribution in [0.1, 0.15) is 56.8 Å². The van der Waals surface area contributed by atoms with Crippen molar-refractivity contribution in [1.29, 1.82) is 0 Å². The Kier molecular flexibility index (Phi) is 17.2. The van der Waals surface area contributed by atoms with Crippen LogP contribution in [0, 0.1) is 0 Å². The number of halogens is 1. The van der Waals surface area contributed by atoms with E-state index in [1.807, 2.05) is 12.1 Å². The molecule has 15 nitrogen and oxygen atoms in total. The number of aliphatic hydroxyl groups excluding tert-OH is 1. The lowest BCUT2D eigenvalue weighted by Gasteiger charge is -2.26. The molecular weight excluding hydrogens is 657 g/mol. The smallest absolute Gasteiger partial charge is 0.426 e. The number of carbonyl (C=O) groups is 5. The van der Waals surface area contributed by atoms with Crippen molar-refractivity contribution in [1.82, 2.24) is 26.6 Å². The highest BCUT2D eigenvalue weighted by atomic mass is 35.5. The number of aliphatic hydroxyl groups is 1. The molecule has 6 unspecified atom stereocenters. The van der Waals surface area contributed by atoms with E-state index >= 15 is 0 Å². The third-order valence-corrected chi connectivity index (χ3v) is 7.87. The molecule has 0 fully saturated rings. The normalized spacial score (nSPS) is 14.6. The average molecular weight is 704 g/mol. The van der Waals surface area contributed by atoms with Crippen molar-refractivity contribution in [3.63, 3.8) is 0 Å². The van der Waals surface area contributed by atoms with Gasteiger partial charge in [-0.15, -0.1) is 0 Å². The molecule has 0 heterocycles. The highest BCUT2D eigenvalue weighted by Crippen LogP contribution is 2.22. The van der Waals surface area contributed by atoms with Gasteiger partial charge in [0.05, 0.1) is 12.0 Å². The minimum absolute atomic E-state index is 0.0205. The zero-order chi connectivity index (χ0) is 36.7. The van der Waals surface area contributed by atoms with Crippen LogP contribution < -0.4 is 38.1 Å². The summed E-state index contributed by atoms with van der Waals surface area (Å²) in [6.45, 7) is 4.37. The van der Waals surface area contributed by atoms with Gasteiger partial charge in [0.2, 0.25) is 23.6 Å². The van der Waals surface area contributed by atoms with Crippen molar-refractivity contribution in [3.8, 4) is 11.1 Å². The lowest BCUT2D eigenvalue weighted by Crippen LogP contribution is -2.60. The maximum absolute atomic E-state index is 13.2. The molecule has 268 valence electrons. The zero-order valence-corrected chi connectivity index (χ0v) is 28.6. The molecule has 2 aromatic carbocycles. The Morgan fingerprint density at radius 3 is 1.78 bits per heavy atom. The Hall–Kier alpha value is -4.06. The van der Waals surface area contributed by atoms with Crippen molar-refractivity contribution >= 4 is 48.3 Å². The number of nitrogens with two attached hydrogens (primary N) is 2. The summed E-state index contributed by atoms with van der Waals surface area (Å²) in [6, 6.07) is 8.91. The number of hydrogen-bond donors (Lipinski definition) is 10. The van der Waals surface area contributed by atoms with Crippen LogP contribution in [0.4, 0.5) is 0 Å². The van der Waals surface area contributed by atoms with Gasteiger partial charge in [-0.1, -0.05) is 35.9 Å². The molecule has 17 heteroatoms. The van der Waals surface area contributed by atoms with Gasteiger partial charge >= 0.3 is 7.12 Å². The van der Waals surface area contributed by atoms with Crippen molar-refractivity contribution in [2.75, 3.05) is 13.1 Å². The highest BCUT2D eigenvalue weighted by Gasteiger charge is 2.32. The molecule has 6 atom stereocenters. The van der Waals surface area contributed by atoms with Crippen molar-refractivity contribution < 1.29 is 39.1 Å². The molecular formula is C32H47BClN7O8. The number of benzene rings is 2. The maximum atomic E-state index is 13.2. The van der Waals surface area contributed by atoms with Crippen LogP contribution in [0.15, 0.2) is 48.5 Å². The summed E-state index contributed by atoms with van der Waals surface area (Å²) in [5, 5.41) is 42.0. The van der Waals surface area contributed by atoms with Gasteiger partial charge < -0.3 is 53.2 Å². The molecule has 49 heavy (non-hydrogen) atoms. The van der Waals surface area contributed by atoms with Crippen LogP contribution in [-0.4, -0.2) is 101 Å². The van der Waals surface area contributed by atoms with E-state index in [1.54, 1.807) is 36.4 Å². The van der Waals surface area contributed by atoms with E-state index in [0.717, 1.165) is 11.1 Å². The summed E-state index contributed by atoms with van der Waals surface area (Å²) < 4.78 is 0. The van der Waals surface area contributed by atoms with E-state index in [-0.39, 0.29) is 24.9 Å². The first kappa shape index (κ1) is 41.1. The van der Waals surface area contributed by atoms with Crippen LogP contribution in [0.2, 0.25) is 5.02 Å². The number of unbranched alkanes of at least 4 members (excludes halogenated alkanes) is 1. The van der Waals surface area contributed by atoms with Gasteiger partial charge in [-0.25, -0.2) is 0 Å². The second-order valence-corrected chi connectivity index (χ2v) is 12.1. The Balaban J connectivity index is 2.06. The summed E-state index contributed by atoms with van der Waals surface area (Å²) in [4.78, 5) is 65.1. The highest BCUT2D eigenvalue weighted by molar-refractivity contribution is 6.43. The molecule has 0 bridgehead atoms. The van der Waals surface area contributed by atoms with Gasteiger partial charge in [0, 0.05) is 10.6 Å². The van der Waals surface area contributed by atoms with Crippen molar-refractivity contribution in [2.24, 2.45) is 11.5 Å². The summed E-state index contributed by atoms with van der Waals surface area (Å²) >= 11 is 5.96. The van der Waals surface area contributed by atoms with Crippen LogP contribution in [-0.2, 0) is 19.2 Å². The molecule has 5 amide bonds. The monoisotopic (exact) mass is 703 g/mol. The fourth-order valence-electron chi connectivity index (χ4n) is 4.62. The Labute approximate surface area is 291 Å². The Morgan fingerprint density at radius 2 is 1.24 bits per heavy atom.